The first-order valence-electron chi connectivity index (χ1n) is 12.0. The van der Waals surface area contributed by atoms with Crippen molar-refractivity contribution in [2.24, 2.45) is 0 Å². The highest BCUT2D eigenvalue weighted by Gasteiger charge is 2.51. The lowest BCUT2D eigenvalue weighted by Gasteiger charge is -2.31. The van der Waals surface area contributed by atoms with Gasteiger partial charge in [0.25, 0.3) is 0 Å². The van der Waals surface area contributed by atoms with E-state index >= 15 is 0 Å². The van der Waals surface area contributed by atoms with E-state index in [4.69, 9.17) is 25.8 Å². The summed E-state index contributed by atoms with van der Waals surface area (Å²) in [6, 6.07) is 25.1. The molecule has 3 aromatic carbocycles. The summed E-state index contributed by atoms with van der Waals surface area (Å²) in [6.07, 6.45) is 0.888. The van der Waals surface area contributed by atoms with Crippen LogP contribution in [0, 0.1) is 0 Å². The second kappa shape index (κ2) is 12.0. The number of hydrogen-bond acceptors (Lipinski definition) is 3. The fraction of sp³-hybridized carbons (Fsp3) is 0.379. The van der Waals surface area contributed by atoms with Crippen molar-refractivity contribution in [3.05, 3.63) is 72.8 Å². The molecule has 0 aliphatic rings. The van der Waals surface area contributed by atoms with Crippen LogP contribution < -0.4 is 30.1 Å². The first-order chi connectivity index (χ1) is 16.3. The van der Waals surface area contributed by atoms with Crippen LogP contribution in [0.3, 0.4) is 0 Å². The van der Waals surface area contributed by atoms with Crippen LogP contribution in [0.4, 0.5) is 0 Å². The monoisotopic (exact) mass is 499 g/mol. The lowest BCUT2D eigenvalue weighted by molar-refractivity contribution is 0.244. The van der Waals surface area contributed by atoms with Crippen molar-refractivity contribution in [3.8, 4) is 17.2 Å². The highest BCUT2D eigenvalue weighted by Crippen LogP contribution is 2.60. The van der Waals surface area contributed by atoms with Gasteiger partial charge >= 0.3 is 0 Å². The van der Waals surface area contributed by atoms with Crippen LogP contribution in [-0.2, 0) is 0 Å². The van der Waals surface area contributed by atoms with Crippen molar-refractivity contribution in [1.82, 2.24) is 0 Å². The molecule has 3 rings (SSSR count). The minimum Gasteiger partial charge on any atom is -0.487 e. The Hall–Kier alpha value is -2.22. The third kappa shape index (κ3) is 5.88. The zero-order valence-corrected chi connectivity index (χ0v) is 22.8. The van der Waals surface area contributed by atoms with Crippen molar-refractivity contribution in [2.75, 3.05) is 12.0 Å². The fourth-order valence-corrected chi connectivity index (χ4v) is 9.30. The van der Waals surface area contributed by atoms with E-state index in [-0.39, 0.29) is 18.3 Å². The third-order valence-electron chi connectivity index (χ3n) is 5.34. The molecule has 3 nitrogen and oxygen atoms in total. The van der Waals surface area contributed by atoms with Crippen LogP contribution in [0.5, 0.6) is 17.2 Å². The lowest BCUT2D eigenvalue weighted by atomic mass is 10.3. The zero-order valence-electron chi connectivity index (χ0n) is 21.1. The Morgan fingerprint density at radius 1 is 0.559 bits per heavy atom. The molecule has 34 heavy (non-hydrogen) atoms. The minimum atomic E-state index is -2.34. The number of ether oxygens (including phenoxy) is 3. The molecule has 0 spiro atoms. The molecule has 0 fully saturated rings. The molecule has 0 saturated heterocycles. The van der Waals surface area contributed by atoms with Gasteiger partial charge in [-0.3, -0.25) is 0 Å². The summed E-state index contributed by atoms with van der Waals surface area (Å²) in [4.78, 5) is 0. The summed E-state index contributed by atoms with van der Waals surface area (Å²) >= 11 is 6.62. The molecule has 0 aliphatic heterocycles. The van der Waals surface area contributed by atoms with Gasteiger partial charge in [0.15, 0.2) is 17.2 Å². The number of para-hydroxylation sites is 3. The maximum atomic E-state index is 6.62. The molecule has 0 amide bonds. The van der Waals surface area contributed by atoms with Gasteiger partial charge in [-0.1, -0.05) is 36.4 Å². The topological polar surface area (TPSA) is 27.7 Å². The summed E-state index contributed by atoms with van der Waals surface area (Å²) in [6.45, 7) is 12.4. The van der Waals surface area contributed by atoms with Crippen LogP contribution >= 0.6 is 18.9 Å². The number of rotatable bonds is 11. The molecule has 0 bridgehead atoms. The minimum absolute atomic E-state index is 0.0448. The fourth-order valence-electron chi connectivity index (χ4n) is 4.26. The van der Waals surface area contributed by atoms with Gasteiger partial charge in [-0.05, 0) is 77.9 Å². The van der Waals surface area contributed by atoms with Crippen LogP contribution in [0.15, 0.2) is 72.8 Å². The normalized spacial score (nSPS) is 11.8. The highest BCUT2D eigenvalue weighted by molar-refractivity contribution is 7.96. The van der Waals surface area contributed by atoms with Gasteiger partial charge in [-0.2, -0.15) is 0 Å². The second-order valence-electron chi connectivity index (χ2n) is 9.13. The van der Waals surface area contributed by atoms with Crippen LogP contribution in [0.25, 0.3) is 0 Å². The Morgan fingerprint density at radius 3 is 1.12 bits per heavy atom. The van der Waals surface area contributed by atoms with E-state index in [2.05, 4.69) is 96.1 Å². The average molecular weight is 500 g/mol. The van der Waals surface area contributed by atoms with E-state index < -0.39 is 7.26 Å². The van der Waals surface area contributed by atoms with Crippen LogP contribution in [0.2, 0.25) is 0 Å². The van der Waals surface area contributed by atoms with E-state index in [1.165, 1.54) is 0 Å². The molecule has 0 aliphatic carbocycles. The molecular formula is C29H37ClO3P+. The van der Waals surface area contributed by atoms with Crippen LogP contribution in [0.1, 0.15) is 41.5 Å². The van der Waals surface area contributed by atoms with E-state index in [0.717, 1.165) is 39.3 Å². The molecular weight excluding hydrogens is 463 g/mol. The quantitative estimate of drug-likeness (QED) is 0.220. The Bertz CT molecular complexity index is 935. The Balaban J connectivity index is 2.45. The number of benzene rings is 3. The molecule has 0 aromatic heterocycles. The third-order valence-corrected chi connectivity index (χ3v) is 10.3. The second-order valence-corrected chi connectivity index (χ2v) is 13.0. The van der Waals surface area contributed by atoms with Crippen molar-refractivity contribution in [1.29, 1.82) is 0 Å². The van der Waals surface area contributed by atoms with Crippen molar-refractivity contribution in [3.63, 3.8) is 0 Å². The summed E-state index contributed by atoms with van der Waals surface area (Å²) < 4.78 is 19.2. The molecule has 0 saturated carbocycles. The van der Waals surface area contributed by atoms with Crippen molar-refractivity contribution >= 4 is 34.8 Å². The number of hydrogen-bond donors (Lipinski definition) is 0. The Morgan fingerprint density at radius 2 is 0.853 bits per heavy atom. The maximum Gasteiger partial charge on any atom is 0.162 e. The van der Waals surface area contributed by atoms with Crippen LogP contribution in [-0.4, -0.2) is 30.4 Å². The lowest BCUT2D eigenvalue weighted by Crippen LogP contribution is -2.37. The molecule has 0 atom stereocenters. The van der Waals surface area contributed by atoms with Gasteiger partial charge in [0.2, 0.25) is 0 Å². The smallest absolute Gasteiger partial charge is 0.162 e. The van der Waals surface area contributed by atoms with E-state index in [0.29, 0.717) is 5.88 Å². The largest absolute Gasteiger partial charge is 0.487 e. The molecule has 5 heteroatoms. The Kier molecular flexibility index (Phi) is 9.28. The average Bonchev–Trinajstić information content (AvgIpc) is 2.78. The summed E-state index contributed by atoms with van der Waals surface area (Å²) in [5.74, 6) is 3.15. The SMILES string of the molecule is CC(C)Oc1ccccc1[P+](CCCl)(c1ccccc1OC(C)C)c1ccccc1OC(C)C. The summed E-state index contributed by atoms with van der Waals surface area (Å²) in [5.41, 5.74) is 0. The highest BCUT2D eigenvalue weighted by atomic mass is 35.5. The van der Waals surface area contributed by atoms with E-state index in [1.54, 1.807) is 0 Å². The molecule has 0 radical (unpaired) electrons. The summed E-state index contributed by atoms with van der Waals surface area (Å²) in [7, 11) is -2.34. The van der Waals surface area contributed by atoms with E-state index in [1.807, 2.05) is 18.2 Å². The zero-order chi connectivity index (χ0) is 24.7. The molecule has 0 heterocycles. The first kappa shape index (κ1) is 26.4. The van der Waals surface area contributed by atoms with Crippen molar-refractivity contribution < 1.29 is 14.2 Å². The number of alkyl halides is 1. The molecule has 182 valence electrons. The maximum absolute atomic E-state index is 6.62. The first-order valence-corrected chi connectivity index (χ1v) is 14.5. The predicted molar refractivity (Wildman–Crippen MR) is 148 cm³/mol. The van der Waals surface area contributed by atoms with Gasteiger partial charge < -0.3 is 14.2 Å². The van der Waals surface area contributed by atoms with Gasteiger partial charge in [0, 0.05) is 0 Å². The molecule has 0 unspecified atom stereocenters. The molecule has 3 aromatic rings. The van der Waals surface area contributed by atoms with Crippen molar-refractivity contribution in [2.45, 2.75) is 59.9 Å². The predicted octanol–water partition coefficient (Wildman–Crippen LogP) is 6.58. The van der Waals surface area contributed by atoms with Gasteiger partial charge in [-0.15, -0.1) is 11.6 Å². The summed E-state index contributed by atoms with van der Waals surface area (Å²) in [5, 5.41) is 3.47. The van der Waals surface area contributed by atoms with Gasteiger partial charge in [-0.25, -0.2) is 0 Å². The standard InChI is InChI=1S/C29H37ClO3P/c1-21(2)31-24-13-7-10-16-27(24)34(20-19-30,28-17-11-8-14-25(28)32-22(3)4)29-18-12-9-15-26(29)33-23(5)6/h7-18,21-23H,19-20H2,1-6H3/q+1. The van der Waals surface area contributed by atoms with Gasteiger partial charge in [0.05, 0.1) is 30.4 Å². The van der Waals surface area contributed by atoms with Gasteiger partial charge in [0.1, 0.15) is 23.2 Å². The van der Waals surface area contributed by atoms with E-state index in [9.17, 15) is 0 Å². The number of halogens is 1. The molecule has 0 N–H and O–H groups in total. The Labute approximate surface area is 210 Å².